The van der Waals surface area contributed by atoms with Gasteiger partial charge in [-0.3, -0.25) is 4.90 Å². The largest absolute Gasteiger partial charge is 0.379 e. The summed E-state index contributed by atoms with van der Waals surface area (Å²) in [6, 6.07) is 5.46. The highest BCUT2D eigenvalue weighted by molar-refractivity contribution is 6.35. The number of hydrogen-bond acceptors (Lipinski definition) is 5. The Labute approximate surface area is 189 Å². The molecule has 1 fully saturated rings. The highest BCUT2D eigenvalue weighted by atomic mass is 35.5. The SMILES string of the molecule is CC[C@](C)(c1nnnn1[C@H](/C=C/c1ccc(Cl)cc1Cl)C(C)(C)C)N1CCOCC1. The molecule has 0 radical (unpaired) electrons. The highest BCUT2D eigenvalue weighted by Crippen LogP contribution is 2.38. The van der Waals surface area contributed by atoms with Gasteiger partial charge in [0.2, 0.25) is 0 Å². The van der Waals surface area contributed by atoms with Gasteiger partial charge in [0, 0.05) is 23.1 Å². The van der Waals surface area contributed by atoms with Crippen molar-refractivity contribution in [1.82, 2.24) is 25.1 Å². The minimum absolute atomic E-state index is 0.0545. The maximum absolute atomic E-state index is 6.38. The van der Waals surface area contributed by atoms with Crippen molar-refractivity contribution in [1.29, 1.82) is 0 Å². The fraction of sp³-hybridized carbons (Fsp3) is 0.591. The van der Waals surface area contributed by atoms with Crippen molar-refractivity contribution in [2.24, 2.45) is 5.41 Å². The molecule has 2 heterocycles. The summed E-state index contributed by atoms with van der Waals surface area (Å²) in [5.41, 5.74) is 0.526. The molecule has 1 aliphatic heterocycles. The second kappa shape index (κ2) is 9.35. The highest BCUT2D eigenvalue weighted by Gasteiger charge is 2.40. The fourth-order valence-electron chi connectivity index (χ4n) is 3.88. The van der Waals surface area contributed by atoms with Crippen LogP contribution in [0.25, 0.3) is 6.08 Å². The summed E-state index contributed by atoms with van der Waals surface area (Å²) in [6.07, 6.45) is 5.05. The van der Waals surface area contributed by atoms with Gasteiger partial charge in [-0.25, -0.2) is 4.68 Å². The maximum atomic E-state index is 6.38. The Morgan fingerprint density at radius 2 is 1.87 bits per heavy atom. The number of nitrogens with zero attached hydrogens (tertiary/aromatic N) is 5. The molecule has 0 bridgehead atoms. The Morgan fingerprint density at radius 3 is 2.47 bits per heavy atom. The minimum atomic E-state index is -0.275. The number of aromatic nitrogens is 4. The van der Waals surface area contributed by atoms with Crippen molar-refractivity contribution in [2.45, 2.75) is 52.6 Å². The Hall–Kier alpha value is -1.47. The Kier molecular flexibility index (Phi) is 7.23. The lowest BCUT2D eigenvalue weighted by atomic mass is 9.85. The van der Waals surface area contributed by atoms with Gasteiger partial charge in [-0.15, -0.1) is 5.10 Å². The number of halogens is 2. The monoisotopic (exact) mass is 451 g/mol. The number of tetrazole rings is 1. The van der Waals surface area contributed by atoms with Crippen molar-refractivity contribution >= 4 is 29.3 Å². The summed E-state index contributed by atoms with van der Waals surface area (Å²) >= 11 is 12.4. The van der Waals surface area contributed by atoms with E-state index in [1.54, 1.807) is 6.07 Å². The Morgan fingerprint density at radius 1 is 1.17 bits per heavy atom. The van der Waals surface area contributed by atoms with Crippen LogP contribution >= 0.6 is 23.2 Å². The van der Waals surface area contributed by atoms with Gasteiger partial charge in [-0.1, -0.05) is 69.1 Å². The van der Waals surface area contributed by atoms with Gasteiger partial charge in [-0.05, 0) is 46.9 Å². The Bertz CT molecular complexity index is 886. The van der Waals surface area contributed by atoms with Crippen LogP contribution in [0.2, 0.25) is 10.0 Å². The smallest absolute Gasteiger partial charge is 0.171 e. The van der Waals surface area contributed by atoms with Crippen molar-refractivity contribution in [3.63, 3.8) is 0 Å². The van der Waals surface area contributed by atoms with Gasteiger partial charge in [0.1, 0.15) is 0 Å². The van der Waals surface area contributed by atoms with Crippen LogP contribution in [0, 0.1) is 5.41 Å². The third-order valence-electron chi connectivity index (χ3n) is 5.94. The van der Waals surface area contributed by atoms with Crippen LogP contribution in [0.1, 0.15) is 58.5 Å². The second-order valence-corrected chi connectivity index (χ2v) is 9.85. The summed E-state index contributed by atoms with van der Waals surface area (Å²) in [5.74, 6) is 0.874. The molecule has 164 valence electrons. The first kappa shape index (κ1) is 23.2. The minimum Gasteiger partial charge on any atom is -0.379 e. The lowest BCUT2D eigenvalue weighted by molar-refractivity contribution is -0.0258. The van der Waals surface area contributed by atoms with Gasteiger partial charge in [0.05, 0.1) is 24.8 Å². The van der Waals surface area contributed by atoms with Gasteiger partial charge in [-0.2, -0.15) is 0 Å². The average molecular weight is 452 g/mol. The predicted molar refractivity (Wildman–Crippen MR) is 122 cm³/mol. The van der Waals surface area contributed by atoms with Crippen molar-refractivity contribution in [2.75, 3.05) is 26.3 Å². The van der Waals surface area contributed by atoms with Crippen molar-refractivity contribution in [3.8, 4) is 0 Å². The topological polar surface area (TPSA) is 56.1 Å². The number of morpholine rings is 1. The molecule has 6 nitrogen and oxygen atoms in total. The van der Waals surface area contributed by atoms with Crippen LogP contribution < -0.4 is 0 Å². The second-order valence-electron chi connectivity index (χ2n) is 9.01. The number of hydrogen-bond donors (Lipinski definition) is 0. The zero-order valence-corrected chi connectivity index (χ0v) is 19.9. The van der Waals surface area contributed by atoms with Crippen LogP contribution in [0.5, 0.6) is 0 Å². The van der Waals surface area contributed by atoms with E-state index in [2.05, 4.69) is 61.1 Å². The van der Waals surface area contributed by atoms with Crippen LogP contribution in [-0.2, 0) is 10.3 Å². The number of rotatable bonds is 6. The molecule has 0 unspecified atom stereocenters. The molecule has 2 atom stereocenters. The predicted octanol–water partition coefficient (Wildman–Crippen LogP) is 5.24. The first-order valence-corrected chi connectivity index (χ1v) is 11.2. The molecule has 0 amide bonds. The van der Waals surface area contributed by atoms with Gasteiger partial charge >= 0.3 is 0 Å². The van der Waals surface area contributed by atoms with Gasteiger partial charge < -0.3 is 4.74 Å². The van der Waals surface area contributed by atoms with Crippen LogP contribution in [0.3, 0.4) is 0 Å². The van der Waals surface area contributed by atoms with E-state index in [9.17, 15) is 0 Å². The molecule has 1 aromatic heterocycles. The van der Waals surface area contributed by atoms with Crippen molar-refractivity contribution in [3.05, 3.63) is 45.7 Å². The lowest BCUT2D eigenvalue weighted by Gasteiger charge is -2.42. The molecule has 0 spiro atoms. The summed E-state index contributed by atoms with van der Waals surface area (Å²) in [7, 11) is 0. The quantitative estimate of drug-likeness (QED) is 0.600. The number of ether oxygens (including phenoxy) is 1. The number of allylic oxidation sites excluding steroid dienone is 1. The van der Waals surface area contributed by atoms with E-state index in [-0.39, 0.29) is 17.0 Å². The first-order valence-electron chi connectivity index (χ1n) is 10.4. The third kappa shape index (κ3) is 4.88. The average Bonchev–Trinajstić information content (AvgIpc) is 3.18. The molecule has 2 aromatic rings. The molecule has 0 aliphatic carbocycles. The molecule has 8 heteroatoms. The first-order chi connectivity index (χ1) is 14.2. The van der Waals surface area contributed by atoms with E-state index in [4.69, 9.17) is 27.9 Å². The normalized spacial score (nSPS) is 19.2. The van der Waals surface area contributed by atoms with Crippen LogP contribution in [0.4, 0.5) is 0 Å². The van der Waals surface area contributed by atoms with Crippen LogP contribution in [0.15, 0.2) is 24.3 Å². The van der Waals surface area contributed by atoms with Crippen LogP contribution in [-0.4, -0.2) is 51.4 Å². The summed E-state index contributed by atoms with van der Waals surface area (Å²) in [6.45, 7) is 14.2. The molecule has 3 rings (SSSR count). The molecule has 0 saturated carbocycles. The lowest BCUT2D eigenvalue weighted by Crippen LogP contribution is -2.51. The van der Waals surface area contributed by atoms with E-state index in [1.807, 2.05) is 22.9 Å². The zero-order chi connectivity index (χ0) is 21.9. The van der Waals surface area contributed by atoms with E-state index in [1.165, 1.54) is 0 Å². The number of benzene rings is 1. The molecular weight excluding hydrogens is 421 g/mol. The van der Waals surface area contributed by atoms with Gasteiger partial charge in [0.15, 0.2) is 5.82 Å². The van der Waals surface area contributed by atoms with E-state index in [0.717, 1.165) is 44.1 Å². The van der Waals surface area contributed by atoms with Gasteiger partial charge in [0.25, 0.3) is 0 Å². The van der Waals surface area contributed by atoms with E-state index >= 15 is 0 Å². The Balaban J connectivity index is 2.00. The summed E-state index contributed by atoms with van der Waals surface area (Å²) in [5, 5.41) is 14.2. The zero-order valence-electron chi connectivity index (χ0n) is 18.4. The van der Waals surface area contributed by atoms with Crippen molar-refractivity contribution < 1.29 is 4.74 Å². The maximum Gasteiger partial charge on any atom is 0.171 e. The standard InChI is InChI=1S/C22H31Cl2N5O/c1-6-22(5,28-11-13-30-14-12-28)20-25-26-27-29(20)19(21(2,3)4)10-8-16-7-9-17(23)15-18(16)24/h7-10,15,19H,6,11-14H2,1-5H3/b10-8+/t19-,22-/m1/s1. The molecule has 1 aromatic carbocycles. The van der Waals surface area contributed by atoms with E-state index in [0.29, 0.717) is 10.0 Å². The molecular formula is C22H31Cl2N5O. The third-order valence-corrected chi connectivity index (χ3v) is 6.51. The molecule has 1 saturated heterocycles. The fourth-order valence-corrected chi connectivity index (χ4v) is 4.36. The molecule has 0 N–H and O–H groups in total. The summed E-state index contributed by atoms with van der Waals surface area (Å²) in [4.78, 5) is 2.43. The summed E-state index contributed by atoms with van der Waals surface area (Å²) < 4.78 is 7.53. The van der Waals surface area contributed by atoms with E-state index < -0.39 is 0 Å². The molecule has 30 heavy (non-hydrogen) atoms. The molecule has 1 aliphatic rings.